The van der Waals surface area contributed by atoms with Gasteiger partial charge >= 0.3 is 0 Å². The summed E-state index contributed by atoms with van der Waals surface area (Å²) in [5.74, 6) is 0.322. The Morgan fingerprint density at radius 2 is 1.72 bits per heavy atom. The van der Waals surface area contributed by atoms with Crippen LogP contribution in [0.1, 0.15) is 37.7 Å². The maximum atomic E-state index is 12.7. The van der Waals surface area contributed by atoms with Crippen molar-refractivity contribution in [2.45, 2.75) is 43.9 Å². The van der Waals surface area contributed by atoms with Crippen molar-refractivity contribution in [3.05, 3.63) is 54.1 Å². The molecule has 36 heavy (non-hydrogen) atoms. The number of nitrogens with zero attached hydrogens (tertiary/aromatic N) is 2. The van der Waals surface area contributed by atoms with Crippen LogP contribution in [0.4, 0.5) is 5.69 Å². The normalized spacial score (nSPS) is 14.8. The minimum atomic E-state index is -3.48. The highest BCUT2D eigenvalue weighted by atomic mass is 32.2. The van der Waals surface area contributed by atoms with Crippen molar-refractivity contribution in [3.8, 4) is 5.75 Å². The number of sulfonamides is 2. The molecule has 11 heteroatoms. The molecule has 1 saturated heterocycles. The zero-order chi connectivity index (χ0) is 26.2. The van der Waals surface area contributed by atoms with Gasteiger partial charge in [-0.25, -0.2) is 16.8 Å². The first-order valence-electron chi connectivity index (χ1n) is 12.1. The topological polar surface area (TPSA) is 113 Å². The van der Waals surface area contributed by atoms with Crippen LogP contribution in [0.25, 0.3) is 0 Å². The van der Waals surface area contributed by atoms with Crippen molar-refractivity contribution in [3.63, 3.8) is 0 Å². The Kier molecular flexibility index (Phi) is 9.75. The van der Waals surface area contributed by atoms with Crippen molar-refractivity contribution < 1.29 is 26.4 Å². The van der Waals surface area contributed by atoms with E-state index in [9.17, 15) is 21.6 Å². The fourth-order valence-electron chi connectivity index (χ4n) is 4.06. The molecule has 1 aliphatic heterocycles. The highest BCUT2D eigenvalue weighted by molar-refractivity contribution is 7.92. The third-order valence-corrected chi connectivity index (χ3v) is 9.03. The van der Waals surface area contributed by atoms with E-state index < -0.39 is 20.0 Å². The van der Waals surface area contributed by atoms with E-state index in [1.165, 1.54) is 8.61 Å². The summed E-state index contributed by atoms with van der Waals surface area (Å²) in [6.07, 6.45) is 4.54. The molecule has 0 aliphatic carbocycles. The molecule has 2 aromatic rings. The number of benzene rings is 2. The summed E-state index contributed by atoms with van der Waals surface area (Å²) in [6, 6.07) is 13.5. The molecule has 0 aromatic heterocycles. The monoisotopic (exact) mass is 537 g/mol. The third kappa shape index (κ3) is 7.94. The number of piperidine rings is 1. The lowest BCUT2D eigenvalue weighted by Gasteiger charge is -2.25. The number of anilines is 1. The number of carbonyl (C=O) groups is 1. The Labute approximate surface area is 214 Å². The number of hydrogen-bond donors (Lipinski definition) is 1. The van der Waals surface area contributed by atoms with Gasteiger partial charge < -0.3 is 10.1 Å². The maximum Gasteiger partial charge on any atom is 0.243 e. The smallest absolute Gasteiger partial charge is 0.243 e. The molecule has 2 aromatic carbocycles. The first-order valence-corrected chi connectivity index (χ1v) is 15.4. The van der Waals surface area contributed by atoms with Gasteiger partial charge in [-0.2, -0.15) is 4.31 Å². The minimum absolute atomic E-state index is 0.181. The van der Waals surface area contributed by atoms with Gasteiger partial charge in [-0.1, -0.05) is 18.6 Å². The molecule has 1 amide bonds. The van der Waals surface area contributed by atoms with E-state index in [2.05, 4.69) is 5.32 Å². The summed E-state index contributed by atoms with van der Waals surface area (Å²) in [4.78, 5) is 12.4. The van der Waals surface area contributed by atoms with Crippen LogP contribution in [-0.2, 0) is 24.8 Å². The molecule has 0 bridgehead atoms. The number of aryl methyl sites for hydroxylation is 1. The lowest BCUT2D eigenvalue weighted by molar-refractivity contribution is -0.121. The summed E-state index contributed by atoms with van der Waals surface area (Å²) < 4.78 is 58.3. The van der Waals surface area contributed by atoms with E-state index in [4.69, 9.17) is 4.74 Å². The molecule has 1 heterocycles. The largest absolute Gasteiger partial charge is 0.492 e. The van der Waals surface area contributed by atoms with Crippen molar-refractivity contribution in [1.29, 1.82) is 0 Å². The molecule has 9 nitrogen and oxygen atoms in total. The van der Waals surface area contributed by atoms with Gasteiger partial charge in [-0.15, -0.1) is 0 Å². The molecule has 198 valence electrons. The van der Waals surface area contributed by atoms with E-state index in [0.717, 1.165) is 31.1 Å². The number of carbonyl (C=O) groups excluding carboxylic acids is 1. The van der Waals surface area contributed by atoms with Gasteiger partial charge in [0, 0.05) is 26.1 Å². The molecule has 0 spiro atoms. The second-order valence-electron chi connectivity index (χ2n) is 8.91. The zero-order valence-electron chi connectivity index (χ0n) is 20.9. The van der Waals surface area contributed by atoms with Gasteiger partial charge in [-0.05, 0) is 68.1 Å². The van der Waals surface area contributed by atoms with Crippen LogP contribution in [0.3, 0.4) is 0 Å². The summed E-state index contributed by atoms with van der Waals surface area (Å²) in [7, 11) is -6.94. The third-order valence-electron chi connectivity index (χ3n) is 5.92. The maximum absolute atomic E-state index is 12.7. The Balaban J connectivity index is 1.40. The quantitative estimate of drug-likeness (QED) is 0.417. The van der Waals surface area contributed by atoms with Crippen molar-refractivity contribution >= 4 is 31.6 Å². The first-order chi connectivity index (χ1) is 17.1. The van der Waals surface area contributed by atoms with E-state index in [0.29, 0.717) is 30.9 Å². The first kappa shape index (κ1) is 27.9. The molecule has 0 atom stereocenters. The van der Waals surface area contributed by atoms with Gasteiger partial charge in [0.1, 0.15) is 12.4 Å². The molecule has 0 radical (unpaired) electrons. The van der Waals surface area contributed by atoms with Gasteiger partial charge in [0.15, 0.2) is 0 Å². The predicted octanol–water partition coefficient (Wildman–Crippen LogP) is 2.91. The summed E-state index contributed by atoms with van der Waals surface area (Å²) in [6.45, 7) is 3.71. The molecule has 3 rings (SSSR count). The van der Waals surface area contributed by atoms with Crippen molar-refractivity contribution in [2.75, 3.05) is 43.3 Å². The van der Waals surface area contributed by atoms with Crippen LogP contribution in [0, 0.1) is 6.92 Å². The lowest BCUT2D eigenvalue weighted by Crippen LogP contribution is -2.35. The number of nitrogens with one attached hydrogen (secondary N) is 1. The highest BCUT2D eigenvalue weighted by Gasteiger charge is 2.25. The average Bonchev–Trinajstić information content (AvgIpc) is 2.84. The van der Waals surface area contributed by atoms with Gasteiger partial charge in [0.2, 0.25) is 26.0 Å². The zero-order valence-corrected chi connectivity index (χ0v) is 22.5. The van der Waals surface area contributed by atoms with Crippen LogP contribution >= 0.6 is 0 Å². The SMILES string of the molecule is Cc1cccc(N(CCCC(=O)NCCOc2ccc(S(=O)(=O)N3CCCCC3)cc2)S(C)(=O)=O)c1. The number of ether oxygens (including phenoxy) is 1. The Bertz CT molecular complexity index is 1220. The van der Waals surface area contributed by atoms with Crippen molar-refractivity contribution in [2.24, 2.45) is 0 Å². The second kappa shape index (κ2) is 12.6. The van der Waals surface area contributed by atoms with E-state index >= 15 is 0 Å². The van der Waals surface area contributed by atoms with Crippen LogP contribution < -0.4 is 14.4 Å². The molecule has 0 unspecified atom stereocenters. The minimum Gasteiger partial charge on any atom is -0.492 e. The van der Waals surface area contributed by atoms with Crippen LogP contribution in [0.2, 0.25) is 0 Å². The van der Waals surface area contributed by atoms with Gasteiger partial charge in [-0.3, -0.25) is 9.10 Å². The van der Waals surface area contributed by atoms with Crippen LogP contribution in [0.15, 0.2) is 53.4 Å². The summed E-state index contributed by atoms with van der Waals surface area (Å²) in [5, 5.41) is 2.76. The van der Waals surface area contributed by atoms with Crippen LogP contribution in [0.5, 0.6) is 5.75 Å². The molecular formula is C25H35N3O6S2. The van der Waals surface area contributed by atoms with E-state index in [1.54, 1.807) is 42.5 Å². The summed E-state index contributed by atoms with van der Waals surface area (Å²) in [5.41, 5.74) is 1.54. The van der Waals surface area contributed by atoms with Gasteiger partial charge in [0.25, 0.3) is 0 Å². The Hall–Kier alpha value is -2.63. The summed E-state index contributed by atoms with van der Waals surface area (Å²) >= 11 is 0. The van der Waals surface area contributed by atoms with E-state index in [1.807, 2.05) is 13.0 Å². The van der Waals surface area contributed by atoms with Crippen LogP contribution in [-0.4, -0.2) is 66.1 Å². The molecule has 0 saturated carbocycles. The number of hydrogen-bond acceptors (Lipinski definition) is 6. The second-order valence-corrected chi connectivity index (χ2v) is 12.8. The average molecular weight is 538 g/mol. The van der Waals surface area contributed by atoms with E-state index in [-0.39, 0.29) is 36.9 Å². The molecule has 1 fully saturated rings. The molecule has 1 aliphatic rings. The molecular weight excluding hydrogens is 502 g/mol. The standard InChI is InChI=1S/C25H35N3O6S2/c1-21-8-6-9-22(20-21)28(35(2,30)31)18-7-10-25(29)26-15-19-34-23-11-13-24(14-12-23)36(32,33)27-16-4-3-5-17-27/h6,8-9,11-14,20H,3-5,7,10,15-19H2,1-2H3,(H,26,29). The molecule has 1 N–H and O–H groups in total. The highest BCUT2D eigenvalue weighted by Crippen LogP contribution is 2.23. The number of amides is 1. The number of rotatable bonds is 12. The van der Waals surface area contributed by atoms with Crippen molar-refractivity contribution in [1.82, 2.24) is 9.62 Å². The Morgan fingerprint density at radius 1 is 1.03 bits per heavy atom. The van der Waals surface area contributed by atoms with Gasteiger partial charge in [0.05, 0.1) is 23.4 Å². The fourth-order valence-corrected chi connectivity index (χ4v) is 6.54. The Morgan fingerprint density at radius 3 is 2.36 bits per heavy atom. The lowest BCUT2D eigenvalue weighted by atomic mass is 10.2. The predicted molar refractivity (Wildman–Crippen MR) is 140 cm³/mol. The fraction of sp³-hybridized carbons (Fsp3) is 0.480.